The Morgan fingerprint density at radius 1 is 1.27 bits per heavy atom. The van der Waals surface area contributed by atoms with Crippen LogP contribution in [0.15, 0.2) is 34.9 Å². The van der Waals surface area contributed by atoms with Gasteiger partial charge in [0.05, 0.1) is 4.92 Å². The summed E-state index contributed by atoms with van der Waals surface area (Å²) in [5.41, 5.74) is 1.57. The van der Waals surface area contributed by atoms with E-state index >= 15 is 0 Å². The van der Waals surface area contributed by atoms with Gasteiger partial charge in [0.2, 0.25) is 5.91 Å². The van der Waals surface area contributed by atoms with Crippen LogP contribution in [0.1, 0.15) is 11.3 Å². The Bertz CT molecular complexity index is 814. The number of carbonyl (C=O) groups is 1. The van der Waals surface area contributed by atoms with Crippen molar-refractivity contribution in [2.45, 2.75) is 20.0 Å². The van der Waals surface area contributed by atoms with Gasteiger partial charge >= 0.3 is 5.69 Å². The average molecular weight is 422 g/mol. The molecule has 8 nitrogen and oxygen atoms in total. The molecule has 0 saturated carbocycles. The number of benzene rings is 1. The number of hydrogen-bond donors (Lipinski definition) is 0. The van der Waals surface area contributed by atoms with Crippen LogP contribution in [0.5, 0.6) is 0 Å². The summed E-state index contributed by atoms with van der Waals surface area (Å²) in [5.74, 6) is -0.0633. The van der Waals surface area contributed by atoms with E-state index in [1.54, 1.807) is 11.8 Å². The number of piperazine rings is 1. The van der Waals surface area contributed by atoms with E-state index in [1.165, 1.54) is 16.4 Å². The van der Waals surface area contributed by atoms with Gasteiger partial charge in [-0.25, -0.2) is 0 Å². The Labute approximate surface area is 159 Å². The summed E-state index contributed by atoms with van der Waals surface area (Å²) in [6.45, 7) is 5.36. The largest absolute Gasteiger partial charge is 0.339 e. The number of nitrogens with zero attached hydrogens (tertiary/aromatic N) is 5. The van der Waals surface area contributed by atoms with Crippen LogP contribution >= 0.6 is 15.9 Å². The topological polar surface area (TPSA) is 84.5 Å². The highest BCUT2D eigenvalue weighted by Crippen LogP contribution is 2.19. The highest BCUT2D eigenvalue weighted by atomic mass is 79.9. The SMILES string of the molecule is Cc1c([N+](=O)[O-])cnn1CC(=O)N1CCN(Cc2ccccc2Br)CC1. The molecule has 1 aliphatic heterocycles. The molecule has 1 aromatic heterocycles. The van der Waals surface area contributed by atoms with Crippen LogP contribution in [-0.2, 0) is 17.9 Å². The fourth-order valence-electron chi connectivity index (χ4n) is 3.03. The summed E-state index contributed by atoms with van der Waals surface area (Å²) in [4.78, 5) is 27.0. The van der Waals surface area contributed by atoms with E-state index in [4.69, 9.17) is 0 Å². The summed E-state index contributed by atoms with van der Waals surface area (Å²) < 4.78 is 2.49. The Hall–Kier alpha value is -2.26. The van der Waals surface area contributed by atoms with E-state index < -0.39 is 4.92 Å². The lowest BCUT2D eigenvalue weighted by atomic mass is 10.2. The molecule has 0 N–H and O–H groups in total. The van der Waals surface area contributed by atoms with Gasteiger partial charge in [-0.15, -0.1) is 0 Å². The summed E-state index contributed by atoms with van der Waals surface area (Å²) in [5, 5.41) is 14.8. The monoisotopic (exact) mass is 421 g/mol. The highest BCUT2D eigenvalue weighted by Gasteiger charge is 2.24. The van der Waals surface area contributed by atoms with Crippen LogP contribution in [0.3, 0.4) is 0 Å². The van der Waals surface area contributed by atoms with Gasteiger partial charge in [-0.3, -0.25) is 24.5 Å². The van der Waals surface area contributed by atoms with Crippen LogP contribution in [0.25, 0.3) is 0 Å². The fraction of sp³-hybridized carbons (Fsp3) is 0.412. The average Bonchev–Trinajstić information content (AvgIpc) is 2.98. The maximum Gasteiger partial charge on any atom is 0.309 e. The number of hydrogen-bond acceptors (Lipinski definition) is 5. The van der Waals surface area contributed by atoms with Crippen molar-refractivity contribution in [2.75, 3.05) is 26.2 Å². The molecule has 1 saturated heterocycles. The molecule has 0 unspecified atom stereocenters. The number of rotatable bonds is 5. The minimum Gasteiger partial charge on any atom is -0.339 e. The molecule has 1 aromatic carbocycles. The van der Waals surface area contributed by atoms with Crippen molar-refractivity contribution in [3.8, 4) is 0 Å². The summed E-state index contributed by atoms with van der Waals surface area (Å²) >= 11 is 3.57. The quantitative estimate of drug-likeness (QED) is 0.545. The standard InChI is InChI=1S/C17H20BrN5O3/c1-13-16(23(25)26)10-19-22(13)12-17(24)21-8-6-20(7-9-21)11-14-4-2-3-5-15(14)18/h2-5,10H,6-9,11-12H2,1H3. The molecule has 1 amide bonds. The summed E-state index contributed by atoms with van der Waals surface area (Å²) in [7, 11) is 0. The van der Waals surface area contributed by atoms with Gasteiger partial charge < -0.3 is 4.90 Å². The second-order valence-electron chi connectivity index (χ2n) is 6.28. The van der Waals surface area contributed by atoms with Gasteiger partial charge in [-0.1, -0.05) is 34.1 Å². The van der Waals surface area contributed by atoms with Crippen molar-refractivity contribution in [2.24, 2.45) is 0 Å². The molecule has 0 radical (unpaired) electrons. The lowest BCUT2D eigenvalue weighted by Crippen LogP contribution is -2.49. The zero-order valence-corrected chi connectivity index (χ0v) is 16.1. The maximum absolute atomic E-state index is 12.5. The number of halogens is 1. The van der Waals surface area contributed by atoms with Crippen molar-refractivity contribution in [1.29, 1.82) is 0 Å². The van der Waals surface area contributed by atoms with Crippen LogP contribution in [0.4, 0.5) is 5.69 Å². The number of aromatic nitrogens is 2. The Morgan fingerprint density at radius 2 is 1.96 bits per heavy atom. The lowest BCUT2D eigenvalue weighted by molar-refractivity contribution is -0.385. The van der Waals surface area contributed by atoms with E-state index in [0.29, 0.717) is 18.8 Å². The molecule has 26 heavy (non-hydrogen) atoms. The molecule has 0 spiro atoms. The molecule has 0 bridgehead atoms. The van der Waals surface area contributed by atoms with E-state index in [0.717, 1.165) is 24.1 Å². The molecule has 1 fully saturated rings. The van der Waals surface area contributed by atoms with Gasteiger partial charge in [0.15, 0.2) is 0 Å². The molecular formula is C17H20BrN5O3. The van der Waals surface area contributed by atoms with Crippen LogP contribution in [-0.4, -0.2) is 56.6 Å². The van der Waals surface area contributed by atoms with Gasteiger partial charge in [-0.2, -0.15) is 5.10 Å². The smallest absolute Gasteiger partial charge is 0.309 e. The normalized spacial score (nSPS) is 15.2. The first-order valence-electron chi connectivity index (χ1n) is 8.36. The van der Waals surface area contributed by atoms with E-state index in [1.807, 2.05) is 18.2 Å². The van der Waals surface area contributed by atoms with Crippen molar-refractivity contribution >= 4 is 27.5 Å². The van der Waals surface area contributed by atoms with E-state index in [9.17, 15) is 14.9 Å². The third-order valence-electron chi connectivity index (χ3n) is 4.64. The van der Waals surface area contributed by atoms with Gasteiger partial charge in [0, 0.05) is 37.2 Å². The van der Waals surface area contributed by atoms with Crippen molar-refractivity contribution in [3.05, 3.63) is 56.3 Å². The molecule has 138 valence electrons. The minimum absolute atomic E-state index is 0.0317. The zero-order valence-electron chi connectivity index (χ0n) is 14.5. The third-order valence-corrected chi connectivity index (χ3v) is 5.41. The number of carbonyl (C=O) groups excluding carboxylic acids is 1. The lowest BCUT2D eigenvalue weighted by Gasteiger charge is -2.35. The van der Waals surface area contributed by atoms with Crippen LogP contribution in [0.2, 0.25) is 0 Å². The number of amides is 1. The van der Waals surface area contributed by atoms with Crippen molar-refractivity contribution in [3.63, 3.8) is 0 Å². The van der Waals surface area contributed by atoms with Gasteiger partial charge in [0.1, 0.15) is 18.4 Å². The van der Waals surface area contributed by atoms with Crippen molar-refractivity contribution in [1.82, 2.24) is 19.6 Å². The third kappa shape index (κ3) is 4.10. The first-order valence-corrected chi connectivity index (χ1v) is 9.15. The van der Waals surface area contributed by atoms with Crippen LogP contribution in [0, 0.1) is 17.0 Å². The molecule has 0 atom stereocenters. The predicted octanol–water partition coefficient (Wildman–Crippen LogP) is 2.21. The fourth-order valence-corrected chi connectivity index (χ4v) is 3.44. The zero-order chi connectivity index (χ0) is 18.7. The van der Waals surface area contributed by atoms with E-state index in [-0.39, 0.29) is 18.1 Å². The molecule has 9 heteroatoms. The van der Waals surface area contributed by atoms with Crippen LogP contribution < -0.4 is 0 Å². The Balaban J connectivity index is 1.54. The first-order chi connectivity index (χ1) is 12.5. The molecule has 0 aliphatic carbocycles. The Morgan fingerprint density at radius 3 is 2.58 bits per heavy atom. The second kappa shape index (κ2) is 7.96. The molecule has 1 aliphatic rings. The second-order valence-corrected chi connectivity index (χ2v) is 7.13. The number of nitro groups is 1. The summed E-state index contributed by atoms with van der Waals surface area (Å²) in [6, 6.07) is 8.13. The molecular weight excluding hydrogens is 402 g/mol. The van der Waals surface area contributed by atoms with Crippen molar-refractivity contribution < 1.29 is 9.72 Å². The first kappa shape index (κ1) is 18.5. The van der Waals surface area contributed by atoms with E-state index in [2.05, 4.69) is 32.0 Å². The summed E-state index contributed by atoms with van der Waals surface area (Å²) in [6.07, 6.45) is 1.19. The van der Waals surface area contributed by atoms with Gasteiger partial charge in [-0.05, 0) is 18.6 Å². The predicted molar refractivity (Wildman–Crippen MR) is 99.6 cm³/mol. The molecule has 2 heterocycles. The molecule has 2 aromatic rings. The maximum atomic E-state index is 12.5. The molecule has 3 rings (SSSR count). The highest BCUT2D eigenvalue weighted by molar-refractivity contribution is 9.10. The van der Waals surface area contributed by atoms with Gasteiger partial charge in [0.25, 0.3) is 0 Å². The minimum atomic E-state index is -0.482. The Kier molecular flexibility index (Phi) is 5.67.